The van der Waals surface area contributed by atoms with Crippen molar-refractivity contribution in [3.63, 3.8) is 0 Å². The fourth-order valence-corrected chi connectivity index (χ4v) is 2.91. The highest BCUT2D eigenvalue weighted by Crippen LogP contribution is 2.19. The van der Waals surface area contributed by atoms with Gasteiger partial charge in [0.25, 0.3) is 11.8 Å². The van der Waals surface area contributed by atoms with Crippen molar-refractivity contribution >= 4 is 23.2 Å². The number of benzene rings is 3. The molecule has 0 atom stereocenters. The van der Waals surface area contributed by atoms with Crippen molar-refractivity contribution in [2.24, 2.45) is 0 Å². The number of carbonyl (C=O) groups excluding carboxylic acids is 2. The zero-order chi connectivity index (χ0) is 19.2. The summed E-state index contributed by atoms with van der Waals surface area (Å²) in [5.41, 5.74) is 3.52. The van der Waals surface area contributed by atoms with Gasteiger partial charge in [-0.25, -0.2) is 0 Å². The van der Waals surface area contributed by atoms with Gasteiger partial charge in [-0.2, -0.15) is 0 Å². The van der Waals surface area contributed by atoms with Gasteiger partial charge in [-0.15, -0.1) is 0 Å². The van der Waals surface area contributed by atoms with Crippen LogP contribution in [0.15, 0.2) is 78.9 Å². The number of anilines is 2. The van der Waals surface area contributed by atoms with Crippen LogP contribution in [0.3, 0.4) is 0 Å². The minimum absolute atomic E-state index is 0.130. The summed E-state index contributed by atoms with van der Waals surface area (Å²) in [6.07, 6.45) is 0. The van der Waals surface area contributed by atoms with Gasteiger partial charge in [0.1, 0.15) is 0 Å². The highest BCUT2D eigenvalue weighted by Gasteiger charge is 2.17. The number of nitrogens with zero attached hydrogens (tertiary/aromatic N) is 1. The maximum atomic E-state index is 13.0. The van der Waals surface area contributed by atoms with Crippen LogP contribution in [0.5, 0.6) is 0 Å². The third-order valence-electron chi connectivity index (χ3n) is 4.39. The van der Waals surface area contributed by atoms with Crippen molar-refractivity contribution in [3.8, 4) is 0 Å². The SMILES string of the molecule is CCN(C(=O)c1cccc(C(=O)Nc2ccccc2C)c1)c1ccccc1. The van der Waals surface area contributed by atoms with Gasteiger partial charge in [0.05, 0.1) is 0 Å². The van der Waals surface area contributed by atoms with Crippen LogP contribution in [-0.4, -0.2) is 18.4 Å². The minimum atomic E-state index is -0.235. The summed E-state index contributed by atoms with van der Waals surface area (Å²) in [6.45, 7) is 4.41. The molecule has 3 aromatic rings. The van der Waals surface area contributed by atoms with Crippen molar-refractivity contribution in [1.29, 1.82) is 0 Å². The number of aryl methyl sites for hydroxylation is 1. The average Bonchev–Trinajstić information content (AvgIpc) is 2.71. The van der Waals surface area contributed by atoms with Crippen molar-refractivity contribution in [3.05, 3.63) is 95.6 Å². The second-order valence-corrected chi connectivity index (χ2v) is 6.23. The highest BCUT2D eigenvalue weighted by atomic mass is 16.2. The topological polar surface area (TPSA) is 49.4 Å². The van der Waals surface area contributed by atoms with E-state index in [9.17, 15) is 9.59 Å². The van der Waals surface area contributed by atoms with Crippen molar-refractivity contribution < 1.29 is 9.59 Å². The molecule has 0 aliphatic rings. The van der Waals surface area contributed by atoms with E-state index < -0.39 is 0 Å². The number of amides is 2. The molecule has 3 rings (SSSR count). The molecule has 0 saturated heterocycles. The number of hydrogen-bond donors (Lipinski definition) is 1. The fourth-order valence-electron chi connectivity index (χ4n) is 2.91. The third-order valence-corrected chi connectivity index (χ3v) is 4.39. The molecule has 0 aliphatic heterocycles. The Kier molecular flexibility index (Phi) is 5.67. The van der Waals surface area contributed by atoms with Crippen LogP contribution in [0.2, 0.25) is 0 Å². The van der Waals surface area contributed by atoms with E-state index in [4.69, 9.17) is 0 Å². The van der Waals surface area contributed by atoms with E-state index in [0.717, 1.165) is 16.9 Å². The molecule has 27 heavy (non-hydrogen) atoms. The Labute approximate surface area is 159 Å². The van der Waals surface area contributed by atoms with E-state index in [1.807, 2.05) is 68.4 Å². The Morgan fingerprint density at radius 2 is 1.52 bits per heavy atom. The summed E-state index contributed by atoms with van der Waals surface area (Å²) in [5, 5.41) is 2.90. The smallest absolute Gasteiger partial charge is 0.258 e. The molecule has 0 saturated carbocycles. The second kappa shape index (κ2) is 8.32. The monoisotopic (exact) mass is 358 g/mol. The number of rotatable bonds is 5. The van der Waals surface area contributed by atoms with Gasteiger partial charge >= 0.3 is 0 Å². The zero-order valence-electron chi connectivity index (χ0n) is 15.5. The van der Waals surface area contributed by atoms with Crippen LogP contribution >= 0.6 is 0 Å². The normalized spacial score (nSPS) is 10.3. The summed E-state index contributed by atoms with van der Waals surface area (Å²) >= 11 is 0. The summed E-state index contributed by atoms with van der Waals surface area (Å²) in [5.74, 6) is -0.365. The molecule has 1 N–H and O–H groups in total. The van der Waals surface area contributed by atoms with E-state index in [1.54, 1.807) is 29.2 Å². The third kappa shape index (κ3) is 4.23. The van der Waals surface area contributed by atoms with E-state index in [0.29, 0.717) is 17.7 Å². The lowest BCUT2D eigenvalue weighted by Crippen LogP contribution is -2.30. The molecule has 0 aliphatic carbocycles. The first-order valence-corrected chi connectivity index (χ1v) is 8.94. The molecule has 0 spiro atoms. The number of hydrogen-bond acceptors (Lipinski definition) is 2. The molecule has 4 heteroatoms. The maximum absolute atomic E-state index is 13.0. The first kappa shape index (κ1) is 18.4. The Morgan fingerprint density at radius 3 is 2.22 bits per heavy atom. The lowest BCUT2D eigenvalue weighted by atomic mass is 10.1. The standard InChI is InChI=1S/C23H22N2O2/c1-3-25(20-13-5-4-6-14-20)23(27)19-12-9-11-18(16-19)22(26)24-21-15-8-7-10-17(21)2/h4-16H,3H2,1-2H3,(H,24,26). The molecule has 0 heterocycles. The van der Waals surface area contributed by atoms with Crippen LogP contribution in [0.25, 0.3) is 0 Å². The molecule has 0 fully saturated rings. The van der Waals surface area contributed by atoms with Gasteiger partial charge in [0, 0.05) is 29.0 Å². The minimum Gasteiger partial charge on any atom is -0.322 e. The largest absolute Gasteiger partial charge is 0.322 e. The van der Waals surface area contributed by atoms with Crippen molar-refractivity contribution in [2.75, 3.05) is 16.8 Å². The predicted octanol–water partition coefficient (Wildman–Crippen LogP) is 4.91. The Hall–Kier alpha value is -3.40. The summed E-state index contributed by atoms with van der Waals surface area (Å²) in [6, 6.07) is 23.9. The predicted molar refractivity (Wildman–Crippen MR) is 109 cm³/mol. The summed E-state index contributed by atoms with van der Waals surface area (Å²) in [7, 11) is 0. The van der Waals surface area contributed by atoms with Crippen LogP contribution < -0.4 is 10.2 Å². The van der Waals surface area contributed by atoms with Gasteiger partial charge < -0.3 is 10.2 Å². The van der Waals surface area contributed by atoms with Gasteiger partial charge in [0.15, 0.2) is 0 Å². The van der Waals surface area contributed by atoms with E-state index in [2.05, 4.69) is 5.32 Å². The zero-order valence-corrected chi connectivity index (χ0v) is 15.5. The summed E-state index contributed by atoms with van der Waals surface area (Å²) < 4.78 is 0. The van der Waals surface area contributed by atoms with Gasteiger partial charge in [0.2, 0.25) is 0 Å². The Balaban J connectivity index is 1.83. The molecular weight excluding hydrogens is 336 g/mol. The number of carbonyl (C=O) groups is 2. The van der Waals surface area contributed by atoms with E-state index in [1.165, 1.54) is 0 Å². The molecule has 0 bridgehead atoms. The molecular formula is C23H22N2O2. The highest BCUT2D eigenvalue weighted by molar-refractivity contribution is 6.09. The van der Waals surface area contributed by atoms with Crippen molar-refractivity contribution in [2.45, 2.75) is 13.8 Å². The van der Waals surface area contributed by atoms with Crippen molar-refractivity contribution in [1.82, 2.24) is 0 Å². The van der Waals surface area contributed by atoms with Crippen LogP contribution in [0.4, 0.5) is 11.4 Å². The fraction of sp³-hybridized carbons (Fsp3) is 0.130. The number of nitrogens with one attached hydrogen (secondary N) is 1. The summed E-state index contributed by atoms with van der Waals surface area (Å²) in [4.78, 5) is 27.3. The van der Waals surface area contributed by atoms with Gasteiger partial charge in [-0.05, 0) is 55.8 Å². The Morgan fingerprint density at radius 1 is 0.852 bits per heavy atom. The molecule has 3 aromatic carbocycles. The lowest BCUT2D eigenvalue weighted by Gasteiger charge is -2.21. The molecule has 2 amide bonds. The maximum Gasteiger partial charge on any atom is 0.258 e. The lowest BCUT2D eigenvalue weighted by molar-refractivity contribution is 0.0988. The van der Waals surface area contributed by atoms with Crippen LogP contribution in [0, 0.1) is 6.92 Å². The second-order valence-electron chi connectivity index (χ2n) is 6.23. The first-order chi connectivity index (χ1) is 13.1. The number of para-hydroxylation sites is 2. The van der Waals surface area contributed by atoms with E-state index >= 15 is 0 Å². The molecule has 0 unspecified atom stereocenters. The van der Waals surface area contributed by atoms with Crippen LogP contribution in [0.1, 0.15) is 33.2 Å². The molecule has 0 radical (unpaired) electrons. The molecule has 136 valence electrons. The van der Waals surface area contributed by atoms with Crippen LogP contribution in [-0.2, 0) is 0 Å². The van der Waals surface area contributed by atoms with Gasteiger partial charge in [-0.1, -0.05) is 42.5 Å². The quantitative estimate of drug-likeness (QED) is 0.704. The van der Waals surface area contributed by atoms with Gasteiger partial charge in [-0.3, -0.25) is 9.59 Å². The molecule has 0 aromatic heterocycles. The molecule has 4 nitrogen and oxygen atoms in total. The average molecular weight is 358 g/mol. The van der Waals surface area contributed by atoms with E-state index in [-0.39, 0.29) is 11.8 Å². The first-order valence-electron chi connectivity index (χ1n) is 8.94. The Bertz CT molecular complexity index is 951.